The van der Waals surface area contributed by atoms with Crippen LogP contribution in [0.15, 0.2) is 101 Å². The number of nitrogens with one attached hydrogen (secondary N) is 1. The zero-order chi connectivity index (χ0) is 32.9. The Morgan fingerprint density at radius 2 is 1.83 bits per heavy atom. The van der Waals surface area contributed by atoms with Gasteiger partial charge in [0, 0.05) is 24.2 Å². The van der Waals surface area contributed by atoms with Gasteiger partial charge in [0.2, 0.25) is 0 Å². The topological polar surface area (TPSA) is 145 Å². The molecule has 12 nitrogen and oxygen atoms in total. The fraction of sp³-hybridized carbons (Fsp3) is 0.156. The number of ether oxygens (including phenoxy) is 1. The minimum atomic E-state index is -0.670. The van der Waals surface area contributed by atoms with E-state index in [0.29, 0.717) is 23.0 Å². The lowest BCUT2D eigenvalue weighted by Gasteiger charge is -2.22. The van der Waals surface area contributed by atoms with Crippen molar-refractivity contribution in [2.45, 2.75) is 24.2 Å². The highest BCUT2D eigenvalue weighted by Gasteiger charge is 2.34. The van der Waals surface area contributed by atoms with Crippen molar-refractivity contribution in [2.24, 2.45) is 5.10 Å². The predicted octanol–water partition coefficient (Wildman–Crippen LogP) is 5.78. The molecular formula is C32H26FN7O5S2. The number of hydrogen-bond acceptors (Lipinski definition) is 10. The number of hydrogen-bond donors (Lipinski definition) is 1. The van der Waals surface area contributed by atoms with E-state index in [-0.39, 0.29) is 41.3 Å². The lowest BCUT2D eigenvalue weighted by Crippen LogP contribution is -2.28. The molecule has 0 radical (unpaired) electrons. The van der Waals surface area contributed by atoms with Crippen LogP contribution in [0, 0.1) is 15.9 Å². The van der Waals surface area contributed by atoms with E-state index in [4.69, 9.17) is 9.84 Å². The van der Waals surface area contributed by atoms with Gasteiger partial charge >= 0.3 is 0 Å². The van der Waals surface area contributed by atoms with Crippen LogP contribution in [0.3, 0.4) is 0 Å². The van der Waals surface area contributed by atoms with Crippen LogP contribution in [0.1, 0.15) is 39.1 Å². The van der Waals surface area contributed by atoms with Crippen molar-refractivity contribution in [2.75, 3.05) is 12.9 Å². The van der Waals surface area contributed by atoms with E-state index < -0.39 is 16.6 Å². The van der Waals surface area contributed by atoms with Gasteiger partial charge in [-0.2, -0.15) is 5.10 Å². The van der Waals surface area contributed by atoms with Gasteiger partial charge in [0.1, 0.15) is 11.6 Å². The second-order valence-corrected chi connectivity index (χ2v) is 12.1. The average Bonchev–Trinajstić information content (AvgIpc) is 3.87. The van der Waals surface area contributed by atoms with Crippen molar-refractivity contribution in [1.82, 2.24) is 25.1 Å². The molecule has 0 saturated carbocycles. The number of rotatable bonds is 11. The van der Waals surface area contributed by atoms with Gasteiger partial charge in [-0.1, -0.05) is 42.1 Å². The number of carbonyl (C=O) groups excluding carboxylic acids is 2. The normalized spacial score (nSPS) is 14.1. The third-order valence-electron chi connectivity index (χ3n) is 7.34. The largest absolute Gasteiger partial charge is 0.497 e. The second-order valence-electron chi connectivity index (χ2n) is 10.2. The number of carbonyl (C=O) groups is 2. The third-order valence-corrected chi connectivity index (χ3v) is 9.17. The molecule has 0 bridgehead atoms. The van der Waals surface area contributed by atoms with Gasteiger partial charge in [0.25, 0.3) is 17.5 Å². The molecular weight excluding hydrogens is 646 g/mol. The van der Waals surface area contributed by atoms with E-state index in [9.17, 15) is 24.1 Å². The maximum absolute atomic E-state index is 14.2. The molecule has 0 aliphatic carbocycles. The second kappa shape index (κ2) is 13.9. The summed E-state index contributed by atoms with van der Waals surface area (Å²) < 4.78 is 21.1. The Bertz CT molecular complexity index is 1950. The van der Waals surface area contributed by atoms with Crippen molar-refractivity contribution >= 4 is 46.3 Å². The van der Waals surface area contributed by atoms with Crippen LogP contribution in [0.4, 0.5) is 10.1 Å². The first-order valence-corrected chi connectivity index (χ1v) is 16.1. The van der Waals surface area contributed by atoms with E-state index in [0.717, 1.165) is 27.9 Å². The number of non-ortho nitro benzene ring substituents is 1. The fourth-order valence-electron chi connectivity index (χ4n) is 5.00. The van der Waals surface area contributed by atoms with E-state index in [1.54, 1.807) is 29.1 Å². The van der Waals surface area contributed by atoms with Crippen LogP contribution < -0.4 is 10.1 Å². The summed E-state index contributed by atoms with van der Waals surface area (Å²) in [4.78, 5) is 38.2. The molecule has 2 amide bonds. The third kappa shape index (κ3) is 6.90. The Balaban J connectivity index is 1.25. The monoisotopic (exact) mass is 671 g/mol. The highest BCUT2D eigenvalue weighted by Crippen LogP contribution is 2.35. The van der Waals surface area contributed by atoms with E-state index in [2.05, 4.69) is 15.5 Å². The van der Waals surface area contributed by atoms with Crippen molar-refractivity contribution in [3.8, 4) is 11.4 Å². The number of nitro groups is 1. The molecule has 1 N–H and O–H groups in total. The summed E-state index contributed by atoms with van der Waals surface area (Å²) in [5.74, 6) is -0.671. The van der Waals surface area contributed by atoms with Crippen LogP contribution in [0.5, 0.6) is 5.75 Å². The Labute approximate surface area is 276 Å². The summed E-state index contributed by atoms with van der Waals surface area (Å²) in [6, 6.07) is 22.4. The number of thiophene rings is 1. The summed E-state index contributed by atoms with van der Waals surface area (Å²) in [6.07, 6.45) is 0.536. The van der Waals surface area contributed by atoms with Crippen LogP contribution in [-0.2, 0) is 11.3 Å². The maximum atomic E-state index is 14.2. The Morgan fingerprint density at radius 1 is 1.06 bits per heavy atom. The molecule has 1 aliphatic heterocycles. The molecule has 15 heteroatoms. The number of nitrogens with zero attached hydrogens (tertiary/aromatic N) is 6. The van der Waals surface area contributed by atoms with E-state index >= 15 is 0 Å². The van der Waals surface area contributed by atoms with Gasteiger partial charge in [-0.15, -0.1) is 21.5 Å². The van der Waals surface area contributed by atoms with Crippen molar-refractivity contribution < 1.29 is 23.6 Å². The molecule has 5 aromatic rings. The van der Waals surface area contributed by atoms with Crippen LogP contribution in [0.25, 0.3) is 5.69 Å². The molecule has 0 saturated heterocycles. The minimum absolute atomic E-state index is 0.0550. The van der Waals surface area contributed by atoms with Crippen molar-refractivity contribution in [1.29, 1.82) is 0 Å². The Hall–Kier alpha value is -5.41. The smallest absolute Gasteiger partial charge is 0.269 e. The number of thioether (sulfide) groups is 1. The van der Waals surface area contributed by atoms with Crippen LogP contribution >= 0.6 is 23.1 Å². The summed E-state index contributed by atoms with van der Waals surface area (Å²) in [7, 11) is 1.59. The minimum Gasteiger partial charge on any atom is -0.497 e. The first-order chi connectivity index (χ1) is 22.8. The molecule has 47 heavy (non-hydrogen) atoms. The Morgan fingerprint density at radius 3 is 2.51 bits per heavy atom. The Kier molecular flexibility index (Phi) is 9.35. The van der Waals surface area contributed by atoms with Gasteiger partial charge < -0.3 is 10.1 Å². The van der Waals surface area contributed by atoms with Gasteiger partial charge in [-0.25, -0.2) is 9.40 Å². The number of benzene rings is 3. The number of amides is 2. The van der Waals surface area contributed by atoms with E-state index in [1.165, 1.54) is 47.5 Å². The molecule has 0 fully saturated rings. The summed E-state index contributed by atoms with van der Waals surface area (Å²) in [6.45, 7) is -0.133. The van der Waals surface area contributed by atoms with Gasteiger partial charge in [-0.05, 0) is 53.4 Å². The first-order valence-electron chi connectivity index (χ1n) is 14.2. The molecule has 238 valence electrons. The van der Waals surface area contributed by atoms with Crippen molar-refractivity contribution in [3.05, 3.63) is 128 Å². The maximum Gasteiger partial charge on any atom is 0.269 e. The predicted molar refractivity (Wildman–Crippen MR) is 174 cm³/mol. The highest BCUT2D eigenvalue weighted by atomic mass is 32.2. The number of methoxy groups -OCH3 is 1. The molecule has 2 aromatic heterocycles. The number of halogens is 1. The molecule has 1 unspecified atom stereocenters. The van der Waals surface area contributed by atoms with Gasteiger partial charge in [0.05, 0.1) is 46.5 Å². The molecule has 3 aromatic carbocycles. The van der Waals surface area contributed by atoms with Gasteiger partial charge in [0.15, 0.2) is 11.0 Å². The number of hydrazone groups is 1. The molecule has 3 heterocycles. The number of aromatic nitrogens is 3. The highest BCUT2D eigenvalue weighted by molar-refractivity contribution is 7.99. The summed E-state index contributed by atoms with van der Waals surface area (Å²) >= 11 is 2.66. The van der Waals surface area contributed by atoms with Crippen molar-refractivity contribution in [3.63, 3.8) is 0 Å². The quantitative estimate of drug-likeness (QED) is 0.106. The lowest BCUT2D eigenvalue weighted by atomic mass is 10.0. The molecule has 0 spiro atoms. The van der Waals surface area contributed by atoms with Gasteiger partial charge in [-0.3, -0.25) is 24.3 Å². The van der Waals surface area contributed by atoms with Crippen LogP contribution in [-0.4, -0.2) is 55.1 Å². The van der Waals surface area contributed by atoms with E-state index in [1.807, 2.05) is 41.8 Å². The zero-order valence-electron chi connectivity index (χ0n) is 24.8. The summed E-state index contributed by atoms with van der Waals surface area (Å²) in [5, 5.41) is 30.9. The first kappa shape index (κ1) is 31.6. The molecule has 1 atom stereocenters. The molecule has 1 aliphatic rings. The zero-order valence-corrected chi connectivity index (χ0v) is 26.4. The average molecular weight is 672 g/mol. The fourth-order valence-corrected chi connectivity index (χ4v) is 6.55. The summed E-state index contributed by atoms with van der Waals surface area (Å²) in [5.41, 5.74) is 1.94. The standard InChI is InChI=1S/C32H26FN7O5S2/c1-45-23-14-8-20(9-15-23)27-17-26(28-7-4-16-46-28)37-39(27)30(41)19-47-32-36-35-29(18-34-31(42)24-5-2-3-6-25(24)33)38(32)21-10-12-22(13-11-21)40(43)44/h2-16,27H,17-19H2,1H3,(H,34,42). The lowest BCUT2D eigenvalue weighted by molar-refractivity contribution is -0.384. The van der Waals surface area contributed by atoms with Crippen LogP contribution in [0.2, 0.25) is 0 Å². The number of nitro benzene ring substituents is 1. The molecule has 6 rings (SSSR count). The SMILES string of the molecule is COc1ccc(C2CC(c3cccs3)=NN2C(=O)CSc2nnc(CNC(=O)c3ccccc3F)n2-c2ccc([N+](=O)[O-])cc2)cc1.